The topological polar surface area (TPSA) is 99.8 Å². The van der Waals surface area contributed by atoms with Crippen LogP contribution < -0.4 is 16.0 Å². The predicted molar refractivity (Wildman–Crippen MR) is 72.0 cm³/mol. The van der Waals surface area contributed by atoms with Crippen LogP contribution in [0.5, 0.6) is 0 Å². The molecule has 0 radical (unpaired) electrons. The highest BCUT2D eigenvalue weighted by atomic mass is 16.5. The van der Waals surface area contributed by atoms with Crippen LogP contribution in [0.3, 0.4) is 0 Å². The molecule has 1 fully saturated rings. The van der Waals surface area contributed by atoms with Crippen molar-refractivity contribution in [2.24, 2.45) is 0 Å². The molecule has 0 aromatic carbocycles. The predicted octanol–water partition coefficient (Wildman–Crippen LogP) is -2.31. The number of rotatable bonds is 6. The molecule has 0 saturated carbocycles. The lowest BCUT2D eigenvalue weighted by atomic mass is 10.4. The average molecular weight is 286 g/mol. The summed E-state index contributed by atoms with van der Waals surface area (Å²) in [7, 11) is 0. The van der Waals surface area contributed by atoms with Gasteiger partial charge < -0.3 is 20.7 Å². The van der Waals surface area contributed by atoms with Crippen molar-refractivity contribution in [1.82, 2.24) is 20.9 Å². The second kappa shape index (κ2) is 9.27. The summed E-state index contributed by atoms with van der Waals surface area (Å²) in [5, 5.41) is 7.51. The van der Waals surface area contributed by atoms with Crippen molar-refractivity contribution >= 4 is 17.7 Å². The number of carbonyl (C=O) groups excluding carboxylic acids is 3. The monoisotopic (exact) mass is 286 g/mol. The van der Waals surface area contributed by atoms with Crippen LogP contribution in [0.2, 0.25) is 0 Å². The fourth-order valence-corrected chi connectivity index (χ4v) is 1.73. The van der Waals surface area contributed by atoms with Gasteiger partial charge in [-0.3, -0.25) is 19.3 Å². The lowest BCUT2D eigenvalue weighted by Gasteiger charge is -2.26. The van der Waals surface area contributed by atoms with Crippen LogP contribution in [0.25, 0.3) is 0 Å². The molecule has 0 spiro atoms. The van der Waals surface area contributed by atoms with E-state index in [4.69, 9.17) is 4.74 Å². The zero-order valence-electron chi connectivity index (χ0n) is 11.7. The summed E-state index contributed by atoms with van der Waals surface area (Å²) in [6.45, 7) is 6.16. The van der Waals surface area contributed by atoms with Gasteiger partial charge in [-0.15, -0.1) is 0 Å². The van der Waals surface area contributed by atoms with E-state index >= 15 is 0 Å². The molecule has 8 nitrogen and oxygen atoms in total. The standard InChI is InChI=1S/C12H22N4O4/c1-10(17)13-2-3-14-11(18)12(19)15-4-5-16-6-8-20-9-7-16/h2-9H2,1H3,(H,13,17)(H,14,18)(H,15,19). The molecular weight excluding hydrogens is 264 g/mol. The fourth-order valence-electron chi connectivity index (χ4n) is 1.73. The lowest BCUT2D eigenvalue weighted by Crippen LogP contribution is -2.46. The molecule has 20 heavy (non-hydrogen) atoms. The highest BCUT2D eigenvalue weighted by molar-refractivity contribution is 6.35. The zero-order valence-corrected chi connectivity index (χ0v) is 11.7. The molecule has 1 heterocycles. The van der Waals surface area contributed by atoms with Gasteiger partial charge in [0.05, 0.1) is 13.2 Å². The number of morpholine rings is 1. The Hall–Kier alpha value is -1.67. The first kappa shape index (κ1) is 16.4. The quantitative estimate of drug-likeness (QED) is 0.376. The van der Waals surface area contributed by atoms with Crippen LogP contribution in [0, 0.1) is 0 Å². The normalized spacial score (nSPS) is 15.4. The van der Waals surface area contributed by atoms with E-state index in [1.165, 1.54) is 6.92 Å². The SMILES string of the molecule is CC(=O)NCCNC(=O)C(=O)NCCN1CCOCC1. The smallest absolute Gasteiger partial charge is 0.309 e. The Bertz CT molecular complexity index is 342. The van der Waals surface area contributed by atoms with E-state index in [2.05, 4.69) is 20.9 Å². The minimum Gasteiger partial charge on any atom is -0.379 e. The van der Waals surface area contributed by atoms with Crippen molar-refractivity contribution in [3.63, 3.8) is 0 Å². The van der Waals surface area contributed by atoms with Crippen LogP contribution in [0.15, 0.2) is 0 Å². The molecule has 0 atom stereocenters. The van der Waals surface area contributed by atoms with Crippen molar-refractivity contribution in [3.05, 3.63) is 0 Å². The summed E-state index contributed by atoms with van der Waals surface area (Å²) in [6.07, 6.45) is 0. The molecule has 1 aliphatic heterocycles. The molecule has 3 N–H and O–H groups in total. The second-order valence-corrected chi connectivity index (χ2v) is 4.45. The molecule has 0 unspecified atom stereocenters. The van der Waals surface area contributed by atoms with Crippen LogP contribution >= 0.6 is 0 Å². The summed E-state index contributed by atoms with van der Waals surface area (Å²) in [4.78, 5) is 35.6. The number of carbonyl (C=O) groups is 3. The Labute approximate surface area is 118 Å². The molecule has 0 bridgehead atoms. The number of nitrogens with zero attached hydrogens (tertiary/aromatic N) is 1. The highest BCUT2D eigenvalue weighted by Gasteiger charge is 2.14. The third kappa shape index (κ3) is 7.05. The van der Waals surface area contributed by atoms with Crippen molar-refractivity contribution < 1.29 is 19.1 Å². The maximum atomic E-state index is 11.5. The van der Waals surface area contributed by atoms with E-state index in [-0.39, 0.29) is 12.5 Å². The fraction of sp³-hybridized carbons (Fsp3) is 0.750. The first-order valence-electron chi connectivity index (χ1n) is 6.70. The Morgan fingerprint density at radius 3 is 2.10 bits per heavy atom. The van der Waals surface area contributed by atoms with Gasteiger partial charge >= 0.3 is 11.8 Å². The van der Waals surface area contributed by atoms with E-state index in [9.17, 15) is 14.4 Å². The van der Waals surface area contributed by atoms with Gasteiger partial charge in [-0.05, 0) is 0 Å². The summed E-state index contributed by atoms with van der Waals surface area (Å²) in [5.41, 5.74) is 0. The maximum Gasteiger partial charge on any atom is 0.309 e. The second-order valence-electron chi connectivity index (χ2n) is 4.45. The zero-order chi connectivity index (χ0) is 14.8. The highest BCUT2D eigenvalue weighted by Crippen LogP contribution is 1.94. The number of amides is 3. The summed E-state index contributed by atoms with van der Waals surface area (Å²) >= 11 is 0. The van der Waals surface area contributed by atoms with E-state index in [0.717, 1.165) is 13.1 Å². The van der Waals surface area contributed by atoms with Gasteiger partial charge in [-0.1, -0.05) is 0 Å². The van der Waals surface area contributed by atoms with E-state index in [1.807, 2.05) is 0 Å². The lowest BCUT2D eigenvalue weighted by molar-refractivity contribution is -0.139. The Balaban J connectivity index is 2.05. The van der Waals surface area contributed by atoms with Crippen molar-refractivity contribution in [1.29, 1.82) is 0 Å². The van der Waals surface area contributed by atoms with Gasteiger partial charge in [0.15, 0.2) is 0 Å². The molecule has 0 aromatic heterocycles. The van der Waals surface area contributed by atoms with Crippen LogP contribution in [0.4, 0.5) is 0 Å². The third-order valence-electron chi connectivity index (χ3n) is 2.81. The average Bonchev–Trinajstić information content (AvgIpc) is 2.44. The van der Waals surface area contributed by atoms with Crippen LogP contribution in [0.1, 0.15) is 6.92 Å². The number of hydrogen-bond donors (Lipinski definition) is 3. The molecule has 1 saturated heterocycles. The molecule has 1 aliphatic rings. The number of hydrogen-bond acceptors (Lipinski definition) is 5. The van der Waals surface area contributed by atoms with Gasteiger partial charge in [-0.25, -0.2) is 0 Å². The molecule has 114 valence electrons. The van der Waals surface area contributed by atoms with Gasteiger partial charge in [0.2, 0.25) is 5.91 Å². The number of nitrogens with one attached hydrogen (secondary N) is 3. The van der Waals surface area contributed by atoms with Gasteiger partial charge in [0.1, 0.15) is 0 Å². The number of ether oxygens (including phenoxy) is 1. The minimum atomic E-state index is -0.683. The molecule has 0 aliphatic carbocycles. The molecule has 0 aromatic rings. The largest absolute Gasteiger partial charge is 0.379 e. The summed E-state index contributed by atoms with van der Waals surface area (Å²) in [5.74, 6) is -1.51. The van der Waals surface area contributed by atoms with Crippen LogP contribution in [-0.2, 0) is 19.1 Å². The van der Waals surface area contributed by atoms with Crippen LogP contribution in [-0.4, -0.2) is 75.1 Å². The van der Waals surface area contributed by atoms with Crippen molar-refractivity contribution in [2.75, 3.05) is 52.5 Å². The molecule has 1 rings (SSSR count). The Morgan fingerprint density at radius 2 is 1.50 bits per heavy atom. The maximum absolute atomic E-state index is 11.5. The van der Waals surface area contributed by atoms with E-state index in [1.54, 1.807) is 0 Å². The Morgan fingerprint density at radius 1 is 0.950 bits per heavy atom. The first-order valence-corrected chi connectivity index (χ1v) is 6.70. The van der Waals surface area contributed by atoms with Crippen molar-refractivity contribution in [3.8, 4) is 0 Å². The molecular formula is C12H22N4O4. The van der Waals surface area contributed by atoms with E-state index in [0.29, 0.717) is 32.8 Å². The van der Waals surface area contributed by atoms with Gasteiger partial charge in [-0.2, -0.15) is 0 Å². The molecule has 3 amide bonds. The van der Waals surface area contributed by atoms with Gasteiger partial charge in [0.25, 0.3) is 0 Å². The first-order chi connectivity index (χ1) is 9.59. The third-order valence-corrected chi connectivity index (χ3v) is 2.81. The minimum absolute atomic E-state index is 0.172. The van der Waals surface area contributed by atoms with Crippen molar-refractivity contribution in [2.45, 2.75) is 6.92 Å². The Kier molecular flexibility index (Phi) is 7.59. The van der Waals surface area contributed by atoms with E-state index < -0.39 is 11.8 Å². The summed E-state index contributed by atoms with van der Waals surface area (Å²) in [6, 6.07) is 0. The molecule has 8 heteroatoms. The van der Waals surface area contributed by atoms with Gasteiger partial charge in [0, 0.05) is 46.2 Å². The summed E-state index contributed by atoms with van der Waals surface area (Å²) < 4.78 is 5.21.